The molecule has 4 aromatic rings. The number of aromatic hydroxyl groups is 1. The van der Waals surface area contributed by atoms with E-state index >= 15 is 0 Å². The molecular weight excluding hydrogens is 429 g/mol. The summed E-state index contributed by atoms with van der Waals surface area (Å²) in [5.41, 5.74) is 3.98. The van der Waals surface area contributed by atoms with E-state index in [0.29, 0.717) is 24.2 Å². The van der Waals surface area contributed by atoms with Crippen molar-refractivity contribution >= 4 is 28.2 Å². The van der Waals surface area contributed by atoms with E-state index in [4.69, 9.17) is 4.74 Å². The van der Waals surface area contributed by atoms with Crippen LogP contribution < -0.4 is 0 Å². The Morgan fingerprint density at radius 1 is 1.16 bits per heavy atom. The number of benzene rings is 2. The molecule has 5 nitrogen and oxygen atoms in total. The minimum atomic E-state index is -0.976. The summed E-state index contributed by atoms with van der Waals surface area (Å²) in [6, 6.07) is 13.8. The molecule has 164 valence electrons. The highest BCUT2D eigenvalue weighted by Gasteiger charge is 2.30. The van der Waals surface area contributed by atoms with Crippen molar-refractivity contribution in [1.29, 1.82) is 0 Å². The lowest BCUT2D eigenvalue weighted by Gasteiger charge is -2.25. The third-order valence-corrected chi connectivity index (χ3v) is 7.17. The molecule has 0 saturated carbocycles. The lowest BCUT2D eigenvalue weighted by Crippen LogP contribution is -2.17. The van der Waals surface area contributed by atoms with E-state index in [9.17, 15) is 19.4 Å². The standard InChI is InChI=1S/C25H22FNO4S/c1-14-13-16(5-6-17(14)26)27-18-3-2-4-19(28)22(18)23(20-7-8-21(32-20)25(29)30)24(27)15-9-11-31-12-10-15/h2-8,13,15,28H,9-12H2,1H3,(H,29,30). The van der Waals surface area contributed by atoms with Gasteiger partial charge in [0.05, 0.1) is 10.9 Å². The van der Waals surface area contributed by atoms with Gasteiger partial charge in [0.1, 0.15) is 16.4 Å². The molecule has 32 heavy (non-hydrogen) atoms. The summed E-state index contributed by atoms with van der Waals surface area (Å²) in [5.74, 6) is -0.971. The van der Waals surface area contributed by atoms with Gasteiger partial charge in [-0.15, -0.1) is 11.3 Å². The summed E-state index contributed by atoms with van der Waals surface area (Å²) in [6.45, 7) is 2.99. The van der Waals surface area contributed by atoms with Gasteiger partial charge in [-0.05, 0) is 67.8 Å². The molecule has 1 saturated heterocycles. The van der Waals surface area contributed by atoms with Crippen LogP contribution in [-0.4, -0.2) is 34.0 Å². The summed E-state index contributed by atoms with van der Waals surface area (Å²) >= 11 is 1.19. The van der Waals surface area contributed by atoms with Gasteiger partial charge in [0, 0.05) is 41.0 Å². The van der Waals surface area contributed by atoms with Crippen molar-refractivity contribution in [2.75, 3.05) is 13.2 Å². The number of carboxylic acid groups (broad SMARTS) is 1. The number of nitrogens with zero attached hydrogens (tertiary/aromatic N) is 1. The van der Waals surface area contributed by atoms with Crippen LogP contribution in [0, 0.1) is 12.7 Å². The van der Waals surface area contributed by atoms with Crippen LogP contribution in [0.3, 0.4) is 0 Å². The molecule has 2 aromatic heterocycles. The van der Waals surface area contributed by atoms with Crippen molar-refractivity contribution in [3.63, 3.8) is 0 Å². The zero-order valence-electron chi connectivity index (χ0n) is 17.5. The number of carbonyl (C=O) groups is 1. The Labute approximate surface area is 188 Å². The van der Waals surface area contributed by atoms with Gasteiger partial charge in [0.2, 0.25) is 0 Å². The minimum absolute atomic E-state index is 0.133. The van der Waals surface area contributed by atoms with Crippen molar-refractivity contribution in [3.8, 4) is 21.9 Å². The van der Waals surface area contributed by atoms with Gasteiger partial charge in [0.25, 0.3) is 0 Å². The first-order valence-electron chi connectivity index (χ1n) is 10.5. The molecule has 0 atom stereocenters. The maximum absolute atomic E-state index is 14.1. The summed E-state index contributed by atoms with van der Waals surface area (Å²) in [4.78, 5) is 12.6. The van der Waals surface area contributed by atoms with Crippen LogP contribution in [-0.2, 0) is 4.74 Å². The van der Waals surface area contributed by atoms with Crippen molar-refractivity contribution in [2.24, 2.45) is 0 Å². The average molecular weight is 452 g/mol. The molecule has 0 amide bonds. The zero-order chi connectivity index (χ0) is 22.4. The van der Waals surface area contributed by atoms with E-state index in [-0.39, 0.29) is 22.4 Å². The number of fused-ring (bicyclic) bond motifs is 1. The van der Waals surface area contributed by atoms with Gasteiger partial charge in [-0.2, -0.15) is 0 Å². The molecule has 0 radical (unpaired) electrons. The van der Waals surface area contributed by atoms with E-state index < -0.39 is 5.97 Å². The summed E-state index contributed by atoms with van der Waals surface area (Å²) in [6.07, 6.45) is 1.61. The van der Waals surface area contributed by atoms with Crippen LogP contribution in [0.4, 0.5) is 4.39 Å². The number of aromatic carboxylic acids is 1. The van der Waals surface area contributed by atoms with Crippen LogP contribution >= 0.6 is 11.3 Å². The Bertz CT molecular complexity index is 1330. The first-order valence-corrected chi connectivity index (χ1v) is 11.3. The lowest BCUT2D eigenvalue weighted by atomic mass is 9.92. The summed E-state index contributed by atoms with van der Waals surface area (Å²) in [7, 11) is 0. The summed E-state index contributed by atoms with van der Waals surface area (Å²) in [5, 5.41) is 21.1. The second-order valence-electron chi connectivity index (χ2n) is 8.06. The number of aryl methyl sites for hydroxylation is 1. The largest absolute Gasteiger partial charge is 0.507 e. The Balaban J connectivity index is 1.88. The Morgan fingerprint density at radius 3 is 2.62 bits per heavy atom. The zero-order valence-corrected chi connectivity index (χ0v) is 18.3. The van der Waals surface area contributed by atoms with Gasteiger partial charge >= 0.3 is 5.97 Å². The number of phenolic OH excluding ortho intramolecular Hbond substituents is 1. The third kappa shape index (κ3) is 3.38. The van der Waals surface area contributed by atoms with E-state index in [0.717, 1.165) is 40.2 Å². The Morgan fingerprint density at radius 2 is 1.94 bits per heavy atom. The van der Waals surface area contributed by atoms with E-state index in [1.807, 2.05) is 12.1 Å². The summed E-state index contributed by atoms with van der Waals surface area (Å²) < 4.78 is 21.8. The van der Waals surface area contributed by atoms with Crippen molar-refractivity contribution in [3.05, 3.63) is 70.5 Å². The quantitative estimate of drug-likeness (QED) is 0.393. The number of rotatable bonds is 4. The first kappa shape index (κ1) is 20.7. The fourth-order valence-electron chi connectivity index (χ4n) is 4.58. The van der Waals surface area contributed by atoms with Crippen molar-refractivity contribution in [2.45, 2.75) is 25.7 Å². The van der Waals surface area contributed by atoms with Crippen molar-refractivity contribution in [1.82, 2.24) is 4.57 Å². The fourth-order valence-corrected chi connectivity index (χ4v) is 5.49. The van der Waals surface area contributed by atoms with Gasteiger partial charge in [-0.3, -0.25) is 0 Å². The van der Waals surface area contributed by atoms with Crippen LogP contribution in [0.25, 0.3) is 27.0 Å². The lowest BCUT2D eigenvalue weighted by molar-refractivity contribution is 0.0702. The molecular formula is C25H22FNO4S. The highest BCUT2D eigenvalue weighted by Crippen LogP contribution is 2.48. The number of aromatic nitrogens is 1. The fraction of sp³-hybridized carbons (Fsp3) is 0.240. The smallest absolute Gasteiger partial charge is 0.345 e. The molecule has 0 aliphatic carbocycles. The number of ether oxygens (including phenoxy) is 1. The number of hydrogen-bond acceptors (Lipinski definition) is 4. The Kier molecular flexibility index (Phi) is 5.23. The second kappa shape index (κ2) is 8.07. The SMILES string of the molecule is Cc1cc(-n2c(C3CCOCC3)c(-c3ccc(C(=O)O)s3)c3c(O)cccc32)ccc1F. The van der Waals surface area contributed by atoms with Crippen LogP contribution in [0.5, 0.6) is 5.75 Å². The number of phenols is 1. The Hall–Kier alpha value is -3.16. The highest BCUT2D eigenvalue weighted by atomic mass is 32.1. The normalized spacial score (nSPS) is 14.8. The molecule has 2 N–H and O–H groups in total. The maximum atomic E-state index is 14.1. The molecule has 3 heterocycles. The maximum Gasteiger partial charge on any atom is 0.345 e. The van der Waals surface area contributed by atoms with Gasteiger partial charge in [-0.1, -0.05) is 6.07 Å². The number of carboxylic acids is 1. The topological polar surface area (TPSA) is 71.7 Å². The molecule has 5 rings (SSSR count). The van der Waals surface area contributed by atoms with Gasteiger partial charge < -0.3 is 19.5 Å². The number of hydrogen-bond donors (Lipinski definition) is 2. The molecule has 0 bridgehead atoms. The van der Waals surface area contributed by atoms with Crippen LogP contribution in [0.2, 0.25) is 0 Å². The predicted octanol–water partition coefficient (Wildman–Crippen LogP) is 6.10. The number of thiophene rings is 1. The second-order valence-corrected chi connectivity index (χ2v) is 9.14. The first-order chi connectivity index (χ1) is 15.5. The molecule has 1 fully saturated rings. The highest BCUT2D eigenvalue weighted by molar-refractivity contribution is 7.17. The third-order valence-electron chi connectivity index (χ3n) is 6.08. The number of halogens is 1. The van der Waals surface area contributed by atoms with Crippen molar-refractivity contribution < 1.29 is 24.1 Å². The van der Waals surface area contributed by atoms with Crippen LogP contribution in [0.1, 0.15) is 39.7 Å². The average Bonchev–Trinajstić information content (AvgIpc) is 3.40. The monoisotopic (exact) mass is 451 g/mol. The molecule has 0 spiro atoms. The molecule has 0 unspecified atom stereocenters. The van der Waals surface area contributed by atoms with E-state index in [2.05, 4.69) is 4.57 Å². The minimum Gasteiger partial charge on any atom is -0.507 e. The molecule has 2 aromatic carbocycles. The van der Waals surface area contributed by atoms with Gasteiger partial charge in [0.15, 0.2) is 0 Å². The molecule has 7 heteroatoms. The predicted molar refractivity (Wildman–Crippen MR) is 123 cm³/mol. The molecule has 1 aliphatic heterocycles. The van der Waals surface area contributed by atoms with E-state index in [1.54, 1.807) is 37.3 Å². The molecule has 1 aliphatic rings. The van der Waals surface area contributed by atoms with E-state index in [1.165, 1.54) is 17.4 Å². The van der Waals surface area contributed by atoms with Crippen LogP contribution in [0.15, 0.2) is 48.5 Å². The van der Waals surface area contributed by atoms with Gasteiger partial charge in [-0.25, -0.2) is 9.18 Å².